The zero-order chi connectivity index (χ0) is 17.0. The van der Waals surface area contributed by atoms with E-state index in [2.05, 4.69) is 4.98 Å². The van der Waals surface area contributed by atoms with E-state index in [1.807, 2.05) is 30.3 Å². The number of nitrogens with zero attached hydrogens (tertiary/aromatic N) is 1. The molecule has 0 aliphatic heterocycles. The number of hydrogen-bond acceptors (Lipinski definition) is 4. The molecule has 0 aliphatic carbocycles. The standard InChI is InChI=1S/C15H17N2O5P/c16-14(15(18)19)8-12-6-11(10-4-2-1-3-5-10)7-13(17-12)9-23(20,21)22/h1-7,14H,8-9,16H2,(H,18,19)(H2,20,21,22)/t14-/m0/s1. The first-order chi connectivity index (χ1) is 10.7. The number of carboxylic acid groups (broad SMARTS) is 1. The van der Waals surface area contributed by atoms with Crippen LogP contribution in [-0.2, 0) is 21.9 Å². The molecule has 0 spiro atoms. The van der Waals surface area contributed by atoms with Crippen molar-refractivity contribution in [2.24, 2.45) is 5.73 Å². The number of nitrogens with two attached hydrogens (primary N) is 1. The van der Waals surface area contributed by atoms with Crippen molar-refractivity contribution in [1.82, 2.24) is 4.98 Å². The highest BCUT2D eigenvalue weighted by atomic mass is 31.2. The minimum Gasteiger partial charge on any atom is -0.480 e. The van der Waals surface area contributed by atoms with E-state index in [9.17, 15) is 9.36 Å². The van der Waals surface area contributed by atoms with Crippen LogP contribution in [0.15, 0.2) is 42.5 Å². The molecule has 2 aromatic rings. The van der Waals surface area contributed by atoms with Crippen molar-refractivity contribution in [3.8, 4) is 11.1 Å². The van der Waals surface area contributed by atoms with Gasteiger partial charge < -0.3 is 20.6 Å². The highest BCUT2D eigenvalue weighted by molar-refractivity contribution is 7.50. The Kier molecular flexibility index (Phi) is 5.28. The van der Waals surface area contributed by atoms with Gasteiger partial charge in [0.25, 0.3) is 0 Å². The highest BCUT2D eigenvalue weighted by Crippen LogP contribution is 2.39. The highest BCUT2D eigenvalue weighted by Gasteiger charge is 2.19. The van der Waals surface area contributed by atoms with Crippen LogP contribution >= 0.6 is 7.60 Å². The molecule has 122 valence electrons. The fraction of sp³-hybridized carbons (Fsp3) is 0.200. The van der Waals surface area contributed by atoms with Crippen molar-refractivity contribution >= 4 is 13.6 Å². The monoisotopic (exact) mass is 336 g/mol. The Morgan fingerprint density at radius 1 is 1.13 bits per heavy atom. The van der Waals surface area contributed by atoms with E-state index in [-0.39, 0.29) is 12.1 Å². The summed E-state index contributed by atoms with van der Waals surface area (Å²) in [6, 6.07) is 11.3. The number of carboxylic acids is 1. The summed E-state index contributed by atoms with van der Waals surface area (Å²) in [7, 11) is -4.28. The van der Waals surface area contributed by atoms with Gasteiger partial charge in [-0.2, -0.15) is 0 Å². The molecule has 1 atom stereocenters. The normalized spacial score (nSPS) is 12.8. The summed E-state index contributed by atoms with van der Waals surface area (Å²) >= 11 is 0. The maximum atomic E-state index is 11.2. The third-order valence-corrected chi connectivity index (χ3v) is 3.89. The average molecular weight is 336 g/mol. The van der Waals surface area contributed by atoms with E-state index in [4.69, 9.17) is 20.6 Å². The van der Waals surface area contributed by atoms with Gasteiger partial charge in [0.2, 0.25) is 0 Å². The summed E-state index contributed by atoms with van der Waals surface area (Å²) in [6.07, 6.45) is -0.535. The largest absolute Gasteiger partial charge is 0.480 e. The summed E-state index contributed by atoms with van der Waals surface area (Å²) in [5, 5.41) is 8.91. The maximum Gasteiger partial charge on any atom is 0.331 e. The van der Waals surface area contributed by atoms with Crippen LogP contribution in [0.3, 0.4) is 0 Å². The summed E-state index contributed by atoms with van der Waals surface area (Å²) < 4.78 is 11.2. The number of carbonyl (C=O) groups is 1. The number of benzene rings is 1. The topological polar surface area (TPSA) is 134 Å². The first kappa shape index (κ1) is 17.3. The minimum absolute atomic E-state index is 0.0236. The van der Waals surface area contributed by atoms with Gasteiger partial charge in [-0.15, -0.1) is 0 Å². The zero-order valence-electron chi connectivity index (χ0n) is 12.2. The van der Waals surface area contributed by atoms with E-state index >= 15 is 0 Å². The predicted molar refractivity (Wildman–Crippen MR) is 84.7 cm³/mol. The molecule has 0 unspecified atom stereocenters. The van der Waals surface area contributed by atoms with Crippen LogP contribution in [-0.4, -0.2) is 31.9 Å². The average Bonchev–Trinajstić information content (AvgIpc) is 2.46. The van der Waals surface area contributed by atoms with Crippen molar-refractivity contribution in [3.63, 3.8) is 0 Å². The van der Waals surface area contributed by atoms with Crippen LogP contribution in [0.2, 0.25) is 0 Å². The molecule has 1 aromatic heterocycles. The molecular formula is C15H17N2O5P. The van der Waals surface area contributed by atoms with Gasteiger partial charge in [-0.3, -0.25) is 14.3 Å². The molecule has 5 N–H and O–H groups in total. The first-order valence-electron chi connectivity index (χ1n) is 6.83. The fourth-order valence-electron chi connectivity index (χ4n) is 2.16. The van der Waals surface area contributed by atoms with Crippen LogP contribution in [0.4, 0.5) is 0 Å². The second-order valence-corrected chi connectivity index (χ2v) is 6.82. The molecule has 1 heterocycles. The van der Waals surface area contributed by atoms with Crippen LogP contribution in [0.25, 0.3) is 11.1 Å². The summed E-state index contributed by atoms with van der Waals surface area (Å²) in [4.78, 5) is 33.3. The van der Waals surface area contributed by atoms with Gasteiger partial charge in [-0.1, -0.05) is 30.3 Å². The van der Waals surface area contributed by atoms with Crippen molar-refractivity contribution in [2.75, 3.05) is 0 Å². The van der Waals surface area contributed by atoms with E-state index in [1.54, 1.807) is 12.1 Å². The Labute approximate surface area is 133 Å². The van der Waals surface area contributed by atoms with Gasteiger partial charge in [0.05, 0.1) is 11.9 Å². The van der Waals surface area contributed by atoms with Crippen molar-refractivity contribution < 1.29 is 24.3 Å². The minimum atomic E-state index is -4.28. The molecule has 2 rings (SSSR count). The van der Waals surface area contributed by atoms with Gasteiger partial charge in [-0.25, -0.2) is 0 Å². The van der Waals surface area contributed by atoms with Crippen molar-refractivity contribution in [3.05, 3.63) is 53.9 Å². The Hall–Kier alpha value is -2.05. The molecule has 0 fully saturated rings. The van der Waals surface area contributed by atoms with Crippen LogP contribution in [0.1, 0.15) is 11.4 Å². The third-order valence-electron chi connectivity index (χ3n) is 3.15. The Morgan fingerprint density at radius 3 is 2.30 bits per heavy atom. The summed E-state index contributed by atoms with van der Waals surface area (Å²) in [5.41, 5.74) is 7.65. The van der Waals surface area contributed by atoms with Gasteiger partial charge in [0, 0.05) is 12.1 Å². The second-order valence-electron chi connectivity index (χ2n) is 5.18. The lowest BCUT2D eigenvalue weighted by Gasteiger charge is -2.12. The number of aliphatic carboxylic acids is 1. The van der Waals surface area contributed by atoms with Crippen molar-refractivity contribution in [2.45, 2.75) is 18.6 Å². The number of hydrogen-bond donors (Lipinski definition) is 4. The van der Waals surface area contributed by atoms with Gasteiger partial charge in [0.1, 0.15) is 6.04 Å². The molecule has 8 heteroatoms. The van der Waals surface area contributed by atoms with Crippen LogP contribution < -0.4 is 5.73 Å². The quantitative estimate of drug-likeness (QED) is 0.585. The third kappa shape index (κ3) is 5.26. The molecule has 1 aromatic carbocycles. The summed E-state index contributed by atoms with van der Waals surface area (Å²) in [5.74, 6) is -1.16. The lowest BCUT2D eigenvalue weighted by atomic mass is 10.0. The Morgan fingerprint density at radius 2 is 1.74 bits per heavy atom. The SMILES string of the molecule is N[C@@H](Cc1cc(-c2ccccc2)cc(CP(=O)(O)O)n1)C(=O)O. The first-order valence-corrected chi connectivity index (χ1v) is 8.62. The van der Waals surface area contributed by atoms with E-state index in [1.165, 1.54) is 0 Å². The number of rotatable bonds is 6. The molecule has 0 saturated carbocycles. The second kappa shape index (κ2) is 7.02. The molecule has 0 amide bonds. The molecular weight excluding hydrogens is 319 g/mol. The number of aromatic nitrogens is 1. The van der Waals surface area contributed by atoms with E-state index in [0.717, 1.165) is 5.56 Å². The molecule has 23 heavy (non-hydrogen) atoms. The molecule has 0 aliphatic rings. The Balaban J connectivity index is 2.43. The summed E-state index contributed by atoms with van der Waals surface area (Å²) in [6.45, 7) is 0. The lowest BCUT2D eigenvalue weighted by Crippen LogP contribution is -2.32. The molecule has 0 radical (unpaired) electrons. The van der Waals surface area contributed by atoms with E-state index < -0.39 is 25.8 Å². The van der Waals surface area contributed by atoms with Gasteiger partial charge >= 0.3 is 13.6 Å². The van der Waals surface area contributed by atoms with Crippen LogP contribution in [0.5, 0.6) is 0 Å². The number of pyridine rings is 1. The molecule has 0 saturated heterocycles. The zero-order valence-corrected chi connectivity index (χ0v) is 13.1. The molecule has 7 nitrogen and oxygen atoms in total. The van der Waals surface area contributed by atoms with Gasteiger partial charge in [0.15, 0.2) is 0 Å². The van der Waals surface area contributed by atoms with E-state index in [0.29, 0.717) is 11.3 Å². The smallest absolute Gasteiger partial charge is 0.331 e. The van der Waals surface area contributed by atoms with Gasteiger partial charge in [-0.05, 0) is 23.3 Å². The van der Waals surface area contributed by atoms with Crippen molar-refractivity contribution in [1.29, 1.82) is 0 Å². The van der Waals surface area contributed by atoms with Crippen LogP contribution in [0, 0.1) is 0 Å². The Bertz CT molecular complexity index is 745. The lowest BCUT2D eigenvalue weighted by molar-refractivity contribution is -0.138. The maximum absolute atomic E-state index is 11.2. The fourth-order valence-corrected chi connectivity index (χ4v) is 2.74. The predicted octanol–water partition coefficient (Wildman–Crippen LogP) is 1.38. The molecule has 0 bridgehead atoms.